The van der Waals surface area contributed by atoms with Gasteiger partial charge in [0.2, 0.25) is 0 Å². The second-order valence-corrected chi connectivity index (χ2v) is 7.41. The van der Waals surface area contributed by atoms with Crippen molar-refractivity contribution in [3.8, 4) is 0 Å². The third-order valence-electron chi connectivity index (χ3n) is 6.02. The number of fused-ring (bicyclic) bond motifs is 1. The minimum atomic E-state index is 0.570. The summed E-state index contributed by atoms with van der Waals surface area (Å²) in [5.74, 6) is 3.13. The lowest BCUT2D eigenvalue weighted by Gasteiger charge is -2.49. The van der Waals surface area contributed by atoms with Crippen LogP contribution in [0.3, 0.4) is 0 Å². The topological polar surface area (TPSA) is 0 Å². The fourth-order valence-corrected chi connectivity index (χ4v) is 5.45. The number of hydrogen-bond donors (Lipinski definition) is 0. The largest absolute Gasteiger partial charge is 0.0590 e. The van der Waals surface area contributed by atoms with Crippen LogP contribution in [-0.2, 0) is 5.41 Å². The third-order valence-corrected chi connectivity index (χ3v) is 6.02. The highest BCUT2D eigenvalue weighted by atomic mass is 14.5. The zero-order valence-electron chi connectivity index (χ0n) is 11.5. The van der Waals surface area contributed by atoms with E-state index in [1.165, 1.54) is 37.7 Å². The Bertz CT molecular complexity index is 426. The number of aryl methyl sites for hydroxylation is 1. The lowest BCUT2D eigenvalue weighted by Crippen LogP contribution is -2.40. The SMILES string of the molecule is Cc1ccc(C23CC4CCC(CC(C4)C2)C3)cc1. The van der Waals surface area contributed by atoms with Crippen molar-refractivity contribution in [1.82, 2.24) is 0 Å². The lowest BCUT2D eigenvalue weighted by molar-refractivity contribution is 0.0984. The van der Waals surface area contributed by atoms with E-state index in [2.05, 4.69) is 31.2 Å². The normalized spacial score (nSPS) is 41.9. The fraction of sp³-hybridized carbons (Fsp3) is 0.667. The van der Waals surface area contributed by atoms with Crippen LogP contribution in [0.5, 0.6) is 0 Å². The Morgan fingerprint density at radius 1 is 0.833 bits per heavy atom. The Hall–Kier alpha value is -0.780. The van der Waals surface area contributed by atoms with Crippen molar-refractivity contribution in [2.24, 2.45) is 17.8 Å². The molecule has 4 aliphatic carbocycles. The first-order valence-electron chi connectivity index (χ1n) is 7.81. The molecule has 2 atom stereocenters. The highest BCUT2D eigenvalue weighted by Gasteiger charge is 2.49. The summed E-state index contributed by atoms with van der Waals surface area (Å²) in [5, 5.41) is 0. The molecule has 0 radical (unpaired) electrons. The van der Waals surface area contributed by atoms with Crippen LogP contribution in [0.15, 0.2) is 24.3 Å². The van der Waals surface area contributed by atoms with Crippen LogP contribution in [0.1, 0.15) is 56.1 Å². The van der Waals surface area contributed by atoms with Gasteiger partial charge in [0.05, 0.1) is 0 Å². The maximum atomic E-state index is 2.43. The van der Waals surface area contributed by atoms with E-state index in [1.807, 2.05) is 0 Å². The molecule has 0 aromatic heterocycles. The van der Waals surface area contributed by atoms with Crippen LogP contribution in [-0.4, -0.2) is 0 Å². The zero-order chi connectivity index (χ0) is 12.2. The molecular formula is C18H24. The van der Waals surface area contributed by atoms with E-state index >= 15 is 0 Å². The monoisotopic (exact) mass is 240 g/mol. The van der Waals surface area contributed by atoms with Gasteiger partial charge in [-0.1, -0.05) is 42.7 Å². The van der Waals surface area contributed by atoms with Crippen molar-refractivity contribution >= 4 is 0 Å². The van der Waals surface area contributed by atoms with Crippen molar-refractivity contribution in [3.63, 3.8) is 0 Å². The van der Waals surface area contributed by atoms with Crippen molar-refractivity contribution in [2.45, 2.75) is 57.3 Å². The highest BCUT2D eigenvalue weighted by Crippen LogP contribution is 2.58. The molecule has 0 amide bonds. The second-order valence-electron chi connectivity index (χ2n) is 7.41. The van der Waals surface area contributed by atoms with E-state index in [0.29, 0.717) is 5.41 Å². The van der Waals surface area contributed by atoms with Gasteiger partial charge in [-0.05, 0) is 67.8 Å². The van der Waals surface area contributed by atoms with Gasteiger partial charge in [-0.25, -0.2) is 0 Å². The van der Waals surface area contributed by atoms with Crippen LogP contribution >= 0.6 is 0 Å². The third kappa shape index (κ3) is 1.65. The summed E-state index contributed by atoms with van der Waals surface area (Å²) in [6.07, 6.45) is 10.6. The van der Waals surface area contributed by atoms with Gasteiger partial charge in [0.25, 0.3) is 0 Å². The molecule has 0 saturated heterocycles. The molecule has 0 spiro atoms. The summed E-state index contributed by atoms with van der Waals surface area (Å²) in [6, 6.07) is 9.51. The van der Waals surface area contributed by atoms with Crippen molar-refractivity contribution < 1.29 is 0 Å². The van der Waals surface area contributed by atoms with Gasteiger partial charge >= 0.3 is 0 Å². The van der Waals surface area contributed by atoms with E-state index in [4.69, 9.17) is 0 Å². The molecule has 0 nitrogen and oxygen atoms in total. The summed E-state index contributed by atoms with van der Waals surface area (Å²) in [7, 11) is 0. The minimum absolute atomic E-state index is 0.570. The Morgan fingerprint density at radius 3 is 2.00 bits per heavy atom. The van der Waals surface area contributed by atoms with Gasteiger partial charge in [0.15, 0.2) is 0 Å². The number of benzene rings is 1. The van der Waals surface area contributed by atoms with Crippen LogP contribution in [0.4, 0.5) is 0 Å². The first-order valence-corrected chi connectivity index (χ1v) is 7.81. The van der Waals surface area contributed by atoms with Gasteiger partial charge in [-0.2, -0.15) is 0 Å². The van der Waals surface area contributed by atoms with Crippen molar-refractivity contribution in [3.05, 3.63) is 35.4 Å². The molecule has 18 heavy (non-hydrogen) atoms. The molecule has 4 saturated carbocycles. The summed E-state index contributed by atoms with van der Waals surface area (Å²) in [4.78, 5) is 0. The van der Waals surface area contributed by atoms with E-state index in [9.17, 15) is 0 Å². The molecule has 96 valence electrons. The van der Waals surface area contributed by atoms with E-state index in [0.717, 1.165) is 17.8 Å². The molecule has 4 fully saturated rings. The maximum Gasteiger partial charge on any atom is -0.00391 e. The van der Waals surface area contributed by atoms with E-state index in [1.54, 1.807) is 18.4 Å². The molecule has 0 aliphatic heterocycles. The fourth-order valence-electron chi connectivity index (χ4n) is 5.45. The van der Waals surface area contributed by atoms with Crippen molar-refractivity contribution in [2.75, 3.05) is 0 Å². The molecule has 1 aromatic rings. The summed E-state index contributed by atoms with van der Waals surface area (Å²) in [5.41, 5.74) is 3.64. The Balaban J connectivity index is 1.76. The molecule has 4 bridgehead atoms. The summed E-state index contributed by atoms with van der Waals surface area (Å²) >= 11 is 0. The molecular weight excluding hydrogens is 216 g/mol. The van der Waals surface area contributed by atoms with Gasteiger partial charge in [0.1, 0.15) is 0 Å². The number of hydrogen-bond acceptors (Lipinski definition) is 0. The zero-order valence-corrected chi connectivity index (χ0v) is 11.5. The van der Waals surface area contributed by atoms with Gasteiger partial charge in [-0.15, -0.1) is 0 Å². The van der Waals surface area contributed by atoms with Crippen LogP contribution < -0.4 is 0 Å². The first kappa shape index (κ1) is 11.1. The Kier molecular flexibility index (Phi) is 2.37. The Morgan fingerprint density at radius 2 is 1.39 bits per heavy atom. The summed E-state index contributed by atoms with van der Waals surface area (Å²) < 4.78 is 0. The number of rotatable bonds is 1. The molecule has 0 N–H and O–H groups in total. The molecule has 5 rings (SSSR count). The summed E-state index contributed by atoms with van der Waals surface area (Å²) in [6.45, 7) is 2.20. The van der Waals surface area contributed by atoms with E-state index in [-0.39, 0.29) is 0 Å². The van der Waals surface area contributed by atoms with Crippen LogP contribution in [0, 0.1) is 24.7 Å². The van der Waals surface area contributed by atoms with Gasteiger partial charge in [-0.3, -0.25) is 0 Å². The molecule has 0 heterocycles. The second kappa shape index (κ2) is 3.85. The predicted molar refractivity (Wildman–Crippen MR) is 75.6 cm³/mol. The molecule has 1 aromatic carbocycles. The highest BCUT2D eigenvalue weighted by molar-refractivity contribution is 5.31. The predicted octanol–water partition coefficient (Wildman–Crippen LogP) is 4.85. The molecule has 2 unspecified atom stereocenters. The standard InChI is InChI=1S/C18H24/c1-13-2-6-17(7-3-13)18-10-14-4-5-15(11-18)9-16(8-14)12-18/h2-3,6-7,14-16H,4-5,8-12H2,1H3. The first-order chi connectivity index (χ1) is 8.73. The minimum Gasteiger partial charge on any atom is -0.0590 e. The van der Waals surface area contributed by atoms with Gasteiger partial charge in [0, 0.05) is 0 Å². The van der Waals surface area contributed by atoms with Gasteiger partial charge < -0.3 is 0 Å². The smallest absolute Gasteiger partial charge is 0.00391 e. The molecule has 0 heteroatoms. The Labute approximate surface area is 111 Å². The maximum absolute atomic E-state index is 2.43. The lowest BCUT2D eigenvalue weighted by atomic mass is 9.56. The van der Waals surface area contributed by atoms with Crippen molar-refractivity contribution in [1.29, 1.82) is 0 Å². The van der Waals surface area contributed by atoms with E-state index < -0.39 is 0 Å². The quantitative estimate of drug-likeness (QED) is 0.658. The van der Waals surface area contributed by atoms with Crippen LogP contribution in [0.25, 0.3) is 0 Å². The van der Waals surface area contributed by atoms with Crippen LogP contribution in [0.2, 0.25) is 0 Å². The average molecular weight is 240 g/mol. The molecule has 4 aliphatic rings. The average Bonchev–Trinajstić information content (AvgIpc) is 2.56.